The molecule has 0 saturated carbocycles. The first-order valence-corrected chi connectivity index (χ1v) is 7.12. The molecule has 3 nitrogen and oxygen atoms in total. The summed E-state index contributed by atoms with van der Waals surface area (Å²) in [5.41, 5.74) is 1.50. The van der Waals surface area contributed by atoms with Gasteiger partial charge in [-0.2, -0.15) is 5.10 Å². The van der Waals surface area contributed by atoms with Crippen molar-refractivity contribution in [1.82, 2.24) is 9.78 Å². The highest BCUT2D eigenvalue weighted by atomic mass is 32.1. The van der Waals surface area contributed by atoms with Gasteiger partial charge in [-0.15, -0.1) is 11.3 Å². The topological polar surface area (TPSA) is 34.9 Å². The van der Waals surface area contributed by atoms with Crippen molar-refractivity contribution >= 4 is 17.6 Å². The summed E-state index contributed by atoms with van der Waals surface area (Å²) in [5, 5.41) is 4.60. The van der Waals surface area contributed by atoms with Gasteiger partial charge in [-0.25, -0.2) is 0 Å². The van der Waals surface area contributed by atoms with Gasteiger partial charge in [0.2, 0.25) is 0 Å². The molecule has 0 unspecified atom stereocenters. The number of carbonyl (C=O) groups excluding carboxylic acids is 1. The monoisotopic (exact) mass is 262 g/mol. The smallest absolute Gasteiger partial charge is 0.153 e. The van der Waals surface area contributed by atoms with Crippen LogP contribution in [0.4, 0.5) is 0 Å². The maximum Gasteiger partial charge on any atom is 0.153 e. The van der Waals surface area contributed by atoms with E-state index in [1.54, 1.807) is 11.3 Å². The molecule has 0 atom stereocenters. The first-order chi connectivity index (χ1) is 8.69. The molecule has 2 aromatic rings. The average molecular weight is 262 g/mol. The average Bonchev–Trinajstić information content (AvgIpc) is 2.97. The van der Waals surface area contributed by atoms with Crippen LogP contribution in [0.2, 0.25) is 0 Å². The van der Waals surface area contributed by atoms with Crippen molar-refractivity contribution in [2.75, 3.05) is 0 Å². The van der Waals surface area contributed by atoms with E-state index in [2.05, 4.69) is 31.9 Å². The van der Waals surface area contributed by atoms with Crippen LogP contribution in [-0.2, 0) is 0 Å². The summed E-state index contributed by atoms with van der Waals surface area (Å²) in [6.07, 6.45) is 4.82. The van der Waals surface area contributed by atoms with E-state index in [0.717, 1.165) is 29.7 Å². The molecule has 18 heavy (non-hydrogen) atoms. The van der Waals surface area contributed by atoms with Crippen LogP contribution in [0, 0.1) is 6.92 Å². The molecular formula is C14H18N2OS. The molecule has 0 fully saturated rings. The zero-order valence-corrected chi connectivity index (χ0v) is 11.8. The Bertz CT molecular complexity index is 538. The zero-order chi connectivity index (χ0) is 13.1. The number of nitrogens with zero attached hydrogens (tertiary/aromatic N) is 2. The molecule has 0 N–H and O–H groups in total. The van der Waals surface area contributed by atoms with Crippen molar-refractivity contribution in [3.63, 3.8) is 0 Å². The normalized spacial score (nSPS) is 11.1. The molecule has 0 aliphatic carbocycles. The summed E-state index contributed by atoms with van der Waals surface area (Å²) in [6, 6.07) is 4.47. The summed E-state index contributed by atoms with van der Waals surface area (Å²) >= 11 is 1.68. The molecule has 4 heteroatoms. The summed E-state index contributed by atoms with van der Waals surface area (Å²) in [7, 11) is 0. The molecule has 2 rings (SSSR count). The van der Waals surface area contributed by atoms with Crippen LogP contribution < -0.4 is 0 Å². The van der Waals surface area contributed by atoms with Crippen LogP contribution in [0.5, 0.6) is 0 Å². The highest BCUT2D eigenvalue weighted by Crippen LogP contribution is 2.29. The maximum atomic E-state index is 11.2. The zero-order valence-electron chi connectivity index (χ0n) is 11.0. The summed E-state index contributed by atoms with van der Waals surface area (Å²) in [5.74, 6) is 0. The SMILES string of the molecule is CCC(CC)n1cc(C=O)c(-c2ccc(C)s2)n1. The van der Waals surface area contributed by atoms with Crippen LogP contribution >= 0.6 is 11.3 Å². The number of thiophene rings is 1. The van der Waals surface area contributed by atoms with Gasteiger partial charge in [0.25, 0.3) is 0 Å². The van der Waals surface area contributed by atoms with Gasteiger partial charge in [-0.1, -0.05) is 13.8 Å². The first-order valence-electron chi connectivity index (χ1n) is 6.30. The number of carbonyl (C=O) groups is 1. The lowest BCUT2D eigenvalue weighted by Gasteiger charge is -2.12. The van der Waals surface area contributed by atoms with Crippen molar-refractivity contribution in [1.29, 1.82) is 0 Å². The molecule has 0 aromatic carbocycles. The molecule has 0 aliphatic rings. The lowest BCUT2D eigenvalue weighted by atomic mass is 10.2. The van der Waals surface area contributed by atoms with E-state index in [-0.39, 0.29) is 0 Å². The van der Waals surface area contributed by atoms with Crippen molar-refractivity contribution in [3.8, 4) is 10.6 Å². The summed E-state index contributed by atoms with van der Waals surface area (Å²) in [6.45, 7) is 6.35. The summed E-state index contributed by atoms with van der Waals surface area (Å²) in [4.78, 5) is 13.5. The number of hydrogen-bond acceptors (Lipinski definition) is 3. The summed E-state index contributed by atoms with van der Waals surface area (Å²) < 4.78 is 1.94. The quantitative estimate of drug-likeness (QED) is 0.760. The molecule has 0 spiro atoms. The van der Waals surface area contributed by atoms with Gasteiger partial charge in [-0.05, 0) is 31.9 Å². The van der Waals surface area contributed by atoms with Gasteiger partial charge in [0.1, 0.15) is 5.69 Å². The lowest BCUT2D eigenvalue weighted by molar-refractivity contribution is 0.112. The first kappa shape index (κ1) is 13.0. The van der Waals surface area contributed by atoms with Gasteiger partial charge in [-0.3, -0.25) is 9.48 Å². The van der Waals surface area contributed by atoms with E-state index in [9.17, 15) is 4.79 Å². The number of hydrogen-bond donors (Lipinski definition) is 0. The highest BCUT2D eigenvalue weighted by molar-refractivity contribution is 7.15. The molecule has 2 heterocycles. The van der Waals surface area contributed by atoms with E-state index in [1.807, 2.05) is 16.9 Å². The minimum atomic E-state index is 0.374. The Morgan fingerprint density at radius 2 is 2.11 bits per heavy atom. The second-order valence-electron chi connectivity index (χ2n) is 4.41. The lowest BCUT2D eigenvalue weighted by Crippen LogP contribution is -2.07. The Morgan fingerprint density at radius 1 is 1.39 bits per heavy atom. The van der Waals surface area contributed by atoms with E-state index in [1.165, 1.54) is 4.88 Å². The fourth-order valence-electron chi connectivity index (χ4n) is 2.10. The van der Waals surface area contributed by atoms with Gasteiger partial charge >= 0.3 is 0 Å². The Balaban J connectivity index is 2.44. The largest absolute Gasteiger partial charge is 0.298 e. The molecule has 0 bridgehead atoms. The predicted molar refractivity (Wildman–Crippen MR) is 75.3 cm³/mol. The molecule has 0 amide bonds. The molecule has 0 aliphatic heterocycles. The van der Waals surface area contributed by atoms with Gasteiger partial charge < -0.3 is 0 Å². The van der Waals surface area contributed by atoms with E-state index in [0.29, 0.717) is 11.6 Å². The third-order valence-electron chi connectivity index (χ3n) is 3.18. The van der Waals surface area contributed by atoms with Crippen LogP contribution in [0.25, 0.3) is 10.6 Å². The number of aryl methyl sites for hydroxylation is 1. The predicted octanol–water partition coefficient (Wildman–Crippen LogP) is 4.09. The Kier molecular flexibility index (Phi) is 3.97. The number of rotatable bonds is 5. The van der Waals surface area contributed by atoms with Crippen molar-refractivity contribution in [3.05, 3.63) is 28.8 Å². The van der Waals surface area contributed by atoms with Crippen LogP contribution in [-0.4, -0.2) is 16.1 Å². The third kappa shape index (κ3) is 2.38. The molecular weight excluding hydrogens is 244 g/mol. The number of aldehydes is 1. The minimum Gasteiger partial charge on any atom is -0.298 e. The second kappa shape index (κ2) is 5.48. The molecule has 0 saturated heterocycles. The van der Waals surface area contributed by atoms with E-state index < -0.39 is 0 Å². The fraction of sp³-hybridized carbons (Fsp3) is 0.429. The van der Waals surface area contributed by atoms with Gasteiger partial charge in [0, 0.05) is 11.1 Å². The molecule has 0 radical (unpaired) electrons. The van der Waals surface area contributed by atoms with E-state index >= 15 is 0 Å². The van der Waals surface area contributed by atoms with E-state index in [4.69, 9.17) is 0 Å². The Hall–Kier alpha value is -1.42. The maximum absolute atomic E-state index is 11.2. The minimum absolute atomic E-state index is 0.374. The Morgan fingerprint density at radius 3 is 2.61 bits per heavy atom. The van der Waals surface area contributed by atoms with Gasteiger partial charge in [0.15, 0.2) is 6.29 Å². The molecule has 2 aromatic heterocycles. The Labute approximate surface area is 111 Å². The fourth-order valence-corrected chi connectivity index (χ4v) is 2.97. The molecule has 96 valence electrons. The van der Waals surface area contributed by atoms with Crippen LogP contribution in [0.15, 0.2) is 18.3 Å². The highest BCUT2D eigenvalue weighted by Gasteiger charge is 2.15. The van der Waals surface area contributed by atoms with Gasteiger partial charge in [0.05, 0.1) is 16.5 Å². The third-order valence-corrected chi connectivity index (χ3v) is 4.19. The van der Waals surface area contributed by atoms with Crippen molar-refractivity contribution in [2.45, 2.75) is 39.7 Å². The van der Waals surface area contributed by atoms with Crippen LogP contribution in [0.3, 0.4) is 0 Å². The number of aromatic nitrogens is 2. The van der Waals surface area contributed by atoms with Crippen LogP contribution in [0.1, 0.15) is 48.0 Å². The second-order valence-corrected chi connectivity index (χ2v) is 5.70. The standard InChI is InChI=1S/C14H18N2OS/c1-4-12(5-2)16-8-11(9-17)14(15-16)13-7-6-10(3)18-13/h6-9,12H,4-5H2,1-3H3. The van der Waals surface area contributed by atoms with Crippen molar-refractivity contribution < 1.29 is 4.79 Å². The van der Waals surface area contributed by atoms with Crippen molar-refractivity contribution in [2.24, 2.45) is 0 Å².